The Labute approximate surface area is 238 Å². The molecule has 0 aromatic carbocycles. The van der Waals surface area contributed by atoms with Crippen LogP contribution in [-0.4, -0.2) is 70.9 Å². The quantitative estimate of drug-likeness (QED) is 0.237. The molecule has 4 aromatic heterocycles. The molecule has 4 aromatic rings. The number of amides is 1. The van der Waals surface area contributed by atoms with E-state index in [1.54, 1.807) is 30.4 Å². The van der Waals surface area contributed by atoms with Gasteiger partial charge in [0.1, 0.15) is 17.4 Å². The number of pyridine rings is 2. The first kappa shape index (κ1) is 28.4. The minimum atomic E-state index is -1.20. The van der Waals surface area contributed by atoms with Crippen LogP contribution in [0.3, 0.4) is 0 Å². The Kier molecular flexibility index (Phi) is 8.33. The molecule has 5 heterocycles. The molecule has 10 nitrogen and oxygen atoms in total. The molecule has 2 N–H and O–H groups in total. The smallest absolute Gasteiger partial charge is 0.260 e. The predicted molar refractivity (Wildman–Crippen MR) is 160 cm³/mol. The summed E-state index contributed by atoms with van der Waals surface area (Å²) in [5.41, 5.74) is 9.92. The molecule has 1 saturated heterocycles. The van der Waals surface area contributed by atoms with Gasteiger partial charge in [0, 0.05) is 76.3 Å². The minimum Gasteiger partial charge on any atom is -0.378 e. The largest absolute Gasteiger partial charge is 0.378 e. The number of nitrogens with zero attached hydrogens (tertiary/aromatic N) is 5. The van der Waals surface area contributed by atoms with Crippen LogP contribution in [0.2, 0.25) is 25.7 Å². The van der Waals surface area contributed by atoms with E-state index < -0.39 is 8.07 Å². The van der Waals surface area contributed by atoms with Crippen molar-refractivity contribution >= 4 is 36.4 Å². The maximum Gasteiger partial charge on any atom is 0.260 e. The number of aryl methyl sites for hydroxylation is 1. The summed E-state index contributed by atoms with van der Waals surface area (Å²) >= 11 is 1.38. The van der Waals surface area contributed by atoms with Crippen LogP contribution in [0.1, 0.15) is 15.9 Å². The molecule has 0 bridgehead atoms. The van der Waals surface area contributed by atoms with Crippen molar-refractivity contribution in [1.82, 2.24) is 24.0 Å². The molecule has 40 heavy (non-hydrogen) atoms. The second-order valence-corrected chi connectivity index (χ2v) is 17.8. The summed E-state index contributed by atoms with van der Waals surface area (Å²) in [6.07, 6.45) is 5.38. The second kappa shape index (κ2) is 11.8. The molecule has 1 aliphatic heterocycles. The normalized spacial score (nSPS) is 14.3. The average Bonchev–Trinajstić information content (AvgIpc) is 3.57. The van der Waals surface area contributed by atoms with E-state index in [2.05, 4.69) is 24.6 Å². The maximum atomic E-state index is 13.2. The van der Waals surface area contributed by atoms with E-state index in [-0.39, 0.29) is 11.5 Å². The molecule has 12 heteroatoms. The maximum absolute atomic E-state index is 13.2. The fourth-order valence-electron chi connectivity index (χ4n) is 4.62. The number of hydrogen-bond donors (Lipinski definition) is 1. The molecule has 212 valence electrons. The molecule has 0 spiro atoms. The van der Waals surface area contributed by atoms with Gasteiger partial charge in [-0.25, -0.2) is 9.97 Å². The number of hydrogen-bond acceptors (Lipinski definition) is 8. The van der Waals surface area contributed by atoms with Crippen LogP contribution in [0.4, 0.5) is 0 Å². The minimum absolute atomic E-state index is 0.116. The molecule has 0 atom stereocenters. The first-order valence-corrected chi connectivity index (χ1v) is 18.0. The van der Waals surface area contributed by atoms with Crippen molar-refractivity contribution < 1.29 is 14.3 Å². The monoisotopic (exact) mass is 580 g/mol. The van der Waals surface area contributed by atoms with E-state index in [0.29, 0.717) is 62.3 Å². The lowest BCUT2D eigenvalue weighted by atomic mass is 10.1. The van der Waals surface area contributed by atoms with Gasteiger partial charge in [0.15, 0.2) is 0 Å². The van der Waals surface area contributed by atoms with Gasteiger partial charge in [-0.1, -0.05) is 19.6 Å². The molecule has 1 fully saturated rings. The summed E-state index contributed by atoms with van der Waals surface area (Å²) in [6, 6.07) is 4.78. The molecule has 0 saturated carbocycles. The number of carbonyl (C=O) groups excluding carboxylic acids is 1. The number of ether oxygens (including phenoxy) is 2. The molecule has 1 aliphatic rings. The van der Waals surface area contributed by atoms with E-state index in [0.717, 1.165) is 33.9 Å². The number of carbonyl (C=O) groups is 1. The number of fused-ring (bicyclic) bond motifs is 1. The highest BCUT2D eigenvalue weighted by Gasteiger charge is 2.22. The lowest BCUT2D eigenvalue weighted by Gasteiger charge is -2.27. The van der Waals surface area contributed by atoms with Crippen LogP contribution >= 0.6 is 11.3 Å². The van der Waals surface area contributed by atoms with Crippen LogP contribution in [0, 0.1) is 0 Å². The Hall–Kier alpha value is -3.16. The average molecular weight is 581 g/mol. The third-order valence-corrected chi connectivity index (χ3v) is 9.55. The highest BCUT2D eigenvalue weighted by atomic mass is 32.1. The van der Waals surface area contributed by atoms with Gasteiger partial charge >= 0.3 is 0 Å². The first-order chi connectivity index (χ1) is 19.1. The second-order valence-electron chi connectivity index (χ2n) is 11.3. The summed E-state index contributed by atoms with van der Waals surface area (Å²) in [4.78, 5) is 37.6. The van der Waals surface area contributed by atoms with Crippen LogP contribution in [0.5, 0.6) is 0 Å². The zero-order valence-corrected chi connectivity index (χ0v) is 25.3. The summed E-state index contributed by atoms with van der Waals surface area (Å²) in [7, 11) is 0.461. The van der Waals surface area contributed by atoms with E-state index in [1.165, 1.54) is 15.9 Å². The van der Waals surface area contributed by atoms with E-state index >= 15 is 0 Å². The van der Waals surface area contributed by atoms with Crippen molar-refractivity contribution in [2.75, 3.05) is 32.9 Å². The predicted octanol–water partition coefficient (Wildman–Crippen LogP) is 3.77. The van der Waals surface area contributed by atoms with Gasteiger partial charge in [0.25, 0.3) is 11.5 Å². The van der Waals surface area contributed by atoms with Crippen molar-refractivity contribution in [2.24, 2.45) is 12.8 Å². The fraction of sp³-hybridized carbons (Fsp3) is 0.429. The SMILES string of the molecule is Cn1cc(C(=O)N2CCOCC2)cc(-c2nc(-c3cn(COCC[Si](C)(C)C)c4ncc(CN)cc34)cs2)c1=O. The summed E-state index contributed by atoms with van der Waals surface area (Å²) in [5.74, 6) is -0.116. The Bertz CT molecular complexity index is 1580. The zero-order valence-electron chi connectivity index (χ0n) is 23.5. The Morgan fingerprint density at radius 1 is 1.18 bits per heavy atom. The molecular formula is C28H36N6O4SSi. The van der Waals surface area contributed by atoms with E-state index in [4.69, 9.17) is 20.2 Å². The highest BCUT2D eigenvalue weighted by molar-refractivity contribution is 7.13. The van der Waals surface area contributed by atoms with Gasteiger partial charge in [-0.05, 0) is 23.7 Å². The Balaban J connectivity index is 1.48. The number of rotatable bonds is 9. The molecule has 5 rings (SSSR count). The Morgan fingerprint density at radius 3 is 2.67 bits per heavy atom. The van der Waals surface area contributed by atoms with Gasteiger partial charge < -0.3 is 29.2 Å². The van der Waals surface area contributed by atoms with Gasteiger partial charge in [-0.3, -0.25) is 9.59 Å². The van der Waals surface area contributed by atoms with Gasteiger partial charge in [-0.2, -0.15) is 0 Å². The third-order valence-electron chi connectivity index (χ3n) is 6.97. The van der Waals surface area contributed by atoms with E-state index in [9.17, 15) is 9.59 Å². The van der Waals surface area contributed by atoms with Crippen LogP contribution in [0.25, 0.3) is 32.9 Å². The topological polar surface area (TPSA) is 118 Å². The summed E-state index contributed by atoms with van der Waals surface area (Å²) < 4.78 is 14.8. The molecule has 0 aliphatic carbocycles. The van der Waals surface area contributed by atoms with Crippen molar-refractivity contribution in [3.05, 3.63) is 57.6 Å². The summed E-state index contributed by atoms with van der Waals surface area (Å²) in [6.45, 7) is 10.5. The lowest BCUT2D eigenvalue weighted by Crippen LogP contribution is -2.41. The number of nitrogens with two attached hydrogens (primary N) is 1. The third kappa shape index (κ3) is 6.10. The standard InChI is InChI=1S/C28H36N6O4SSi/c1-32-15-20(27(35)33-5-7-37-8-6-33)12-22(28(32)36)26-31-24(17-39-26)23-16-34(18-38-9-10-40(2,3)4)25-21(23)11-19(13-29)14-30-25/h11-12,14-17H,5-10,13,18,29H2,1-4H3. The molecule has 0 unspecified atom stereocenters. The van der Waals surface area contributed by atoms with Gasteiger partial charge in [0.05, 0.1) is 30.0 Å². The van der Waals surface area contributed by atoms with Crippen molar-refractivity contribution in [2.45, 2.75) is 39.0 Å². The first-order valence-electron chi connectivity index (χ1n) is 13.4. The number of morpholine rings is 1. The van der Waals surface area contributed by atoms with Crippen molar-refractivity contribution in [3.8, 4) is 21.8 Å². The molecule has 1 amide bonds. The van der Waals surface area contributed by atoms with Crippen LogP contribution in [0.15, 0.2) is 40.9 Å². The van der Waals surface area contributed by atoms with Gasteiger partial charge in [-0.15, -0.1) is 11.3 Å². The summed E-state index contributed by atoms with van der Waals surface area (Å²) in [5, 5.41) is 3.42. The molecular weight excluding hydrogens is 544 g/mol. The zero-order chi connectivity index (χ0) is 28.4. The van der Waals surface area contributed by atoms with Crippen molar-refractivity contribution in [3.63, 3.8) is 0 Å². The molecule has 0 radical (unpaired) electrons. The number of thiazole rings is 1. The van der Waals surface area contributed by atoms with Crippen molar-refractivity contribution in [1.29, 1.82) is 0 Å². The van der Waals surface area contributed by atoms with Crippen LogP contribution < -0.4 is 11.3 Å². The number of aromatic nitrogens is 4. The fourth-order valence-corrected chi connectivity index (χ4v) is 6.21. The van der Waals surface area contributed by atoms with Crippen LogP contribution in [-0.2, 0) is 29.8 Å². The lowest BCUT2D eigenvalue weighted by molar-refractivity contribution is 0.0302. The Morgan fingerprint density at radius 2 is 1.95 bits per heavy atom. The van der Waals surface area contributed by atoms with E-state index in [1.807, 2.05) is 22.2 Å². The highest BCUT2D eigenvalue weighted by Crippen LogP contribution is 2.34. The van der Waals surface area contributed by atoms with Gasteiger partial charge in [0.2, 0.25) is 0 Å².